The Morgan fingerprint density at radius 2 is 2.27 bits per heavy atom. The van der Waals surface area contributed by atoms with E-state index < -0.39 is 5.97 Å². The summed E-state index contributed by atoms with van der Waals surface area (Å²) in [5.74, 6) is -0.788. The van der Waals surface area contributed by atoms with Gasteiger partial charge in [-0.2, -0.15) is 0 Å². The van der Waals surface area contributed by atoms with Crippen LogP contribution < -0.4 is 0 Å². The van der Waals surface area contributed by atoms with Crippen molar-refractivity contribution in [2.75, 3.05) is 0 Å². The highest BCUT2D eigenvalue weighted by molar-refractivity contribution is 6.30. The number of aryl methyl sites for hydroxylation is 1. The lowest BCUT2D eigenvalue weighted by atomic mass is 9.89. The Hall–Kier alpha value is -1.28. The molecule has 0 bridgehead atoms. The van der Waals surface area contributed by atoms with Crippen LogP contribution >= 0.6 is 11.6 Å². The first-order valence-corrected chi connectivity index (χ1v) is 5.24. The average Bonchev–Trinajstić information content (AvgIpc) is 2.16. The maximum atomic E-state index is 10.7. The minimum atomic E-state index is -0.788. The summed E-state index contributed by atoms with van der Waals surface area (Å²) in [6.45, 7) is 0. The van der Waals surface area contributed by atoms with Gasteiger partial charge in [-0.25, -0.2) is 0 Å². The van der Waals surface area contributed by atoms with E-state index in [1.807, 2.05) is 18.2 Å². The number of fused-ring (bicyclic) bond motifs is 1. The van der Waals surface area contributed by atoms with Crippen molar-refractivity contribution in [2.45, 2.75) is 19.3 Å². The van der Waals surface area contributed by atoms with Crippen molar-refractivity contribution in [3.63, 3.8) is 0 Å². The summed E-state index contributed by atoms with van der Waals surface area (Å²) in [6, 6.07) is 5.64. The molecule has 0 fully saturated rings. The molecule has 0 aromatic heterocycles. The van der Waals surface area contributed by atoms with Gasteiger partial charge in [0.1, 0.15) is 0 Å². The third kappa shape index (κ3) is 2.21. The highest BCUT2D eigenvalue weighted by atomic mass is 35.5. The Morgan fingerprint density at radius 1 is 1.47 bits per heavy atom. The van der Waals surface area contributed by atoms with Crippen LogP contribution in [0.5, 0.6) is 0 Å². The number of hydrogen-bond acceptors (Lipinski definition) is 1. The number of halogens is 1. The molecule has 15 heavy (non-hydrogen) atoms. The number of rotatable bonds is 2. The van der Waals surface area contributed by atoms with Crippen molar-refractivity contribution in [1.29, 1.82) is 0 Å². The number of benzene rings is 1. The van der Waals surface area contributed by atoms with E-state index in [2.05, 4.69) is 0 Å². The minimum absolute atomic E-state index is 0.0919. The second-order valence-corrected chi connectivity index (χ2v) is 4.08. The number of hydrogen-bond donors (Lipinski definition) is 1. The number of carboxylic acids is 1. The zero-order chi connectivity index (χ0) is 10.8. The van der Waals surface area contributed by atoms with Crippen molar-refractivity contribution in [3.8, 4) is 0 Å². The summed E-state index contributed by atoms with van der Waals surface area (Å²) in [7, 11) is 0. The number of allylic oxidation sites excluding steroid dienone is 1. The first-order chi connectivity index (χ1) is 7.16. The third-order valence-corrected chi connectivity index (χ3v) is 2.79. The molecule has 0 aliphatic heterocycles. The van der Waals surface area contributed by atoms with Crippen LogP contribution in [-0.2, 0) is 11.2 Å². The predicted molar refractivity (Wildman–Crippen MR) is 60.0 cm³/mol. The molecule has 0 amide bonds. The monoisotopic (exact) mass is 222 g/mol. The Labute approximate surface area is 93.2 Å². The molecule has 0 spiro atoms. The second-order valence-electron chi connectivity index (χ2n) is 3.64. The van der Waals surface area contributed by atoms with E-state index in [0.717, 1.165) is 29.5 Å². The van der Waals surface area contributed by atoms with Gasteiger partial charge in [0.15, 0.2) is 0 Å². The predicted octanol–water partition coefficient (Wildman–Crippen LogP) is 3.14. The van der Waals surface area contributed by atoms with Gasteiger partial charge in [-0.3, -0.25) is 4.79 Å². The van der Waals surface area contributed by atoms with E-state index >= 15 is 0 Å². The van der Waals surface area contributed by atoms with Gasteiger partial charge in [0.2, 0.25) is 0 Å². The van der Waals surface area contributed by atoms with Crippen molar-refractivity contribution in [1.82, 2.24) is 0 Å². The summed E-state index contributed by atoms with van der Waals surface area (Å²) >= 11 is 5.89. The van der Waals surface area contributed by atoms with Crippen LogP contribution in [0.1, 0.15) is 24.0 Å². The van der Waals surface area contributed by atoms with Crippen molar-refractivity contribution in [2.24, 2.45) is 0 Å². The van der Waals surface area contributed by atoms with Crippen LogP contribution in [0.4, 0.5) is 0 Å². The molecule has 0 heterocycles. The molecular formula is C12H11ClO2. The lowest BCUT2D eigenvalue weighted by Crippen LogP contribution is -2.04. The van der Waals surface area contributed by atoms with E-state index in [9.17, 15) is 4.79 Å². The number of aliphatic carboxylic acids is 1. The van der Waals surface area contributed by atoms with Gasteiger partial charge < -0.3 is 5.11 Å². The van der Waals surface area contributed by atoms with Crippen molar-refractivity contribution in [3.05, 3.63) is 40.4 Å². The van der Waals surface area contributed by atoms with Gasteiger partial charge in [0.25, 0.3) is 0 Å². The normalized spacial score (nSPS) is 14.3. The molecule has 0 saturated carbocycles. The second kappa shape index (κ2) is 4.07. The molecule has 1 aliphatic rings. The van der Waals surface area contributed by atoms with E-state index in [1.54, 1.807) is 6.07 Å². The van der Waals surface area contributed by atoms with Gasteiger partial charge in [-0.05, 0) is 41.7 Å². The Balaban J connectivity index is 2.38. The van der Waals surface area contributed by atoms with Gasteiger partial charge in [-0.1, -0.05) is 23.7 Å². The zero-order valence-electron chi connectivity index (χ0n) is 8.16. The van der Waals surface area contributed by atoms with Gasteiger partial charge in [0, 0.05) is 5.02 Å². The quantitative estimate of drug-likeness (QED) is 0.835. The number of carbonyl (C=O) groups is 1. The molecule has 0 unspecified atom stereocenters. The Bertz CT molecular complexity index is 435. The molecule has 1 N–H and O–H groups in total. The summed E-state index contributed by atoms with van der Waals surface area (Å²) in [5.41, 5.74) is 3.09. The average molecular weight is 223 g/mol. The minimum Gasteiger partial charge on any atom is -0.481 e. The molecule has 0 atom stereocenters. The summed E-state index contributed by atoms with van der Waals surface area (Å²) in [5, 5.41) is 9.49. The van der Waals surface area contributed by atoms with E-state index in [1.165, 1.54) is 0 Å². The molecule has 2 rings (SSSR count). The maximum absolute atomic E-state index is 10.7. The smallest absolute Gasteiger partial charge is 0.307 e. The first-order valence-electron chi connectivity index (χ1n) is 4.86. The van der Waals surface area contributed by atoms with Gasteiger partial charge in [-0.15, -0.1) is 0 Å². The highest BCUT2D eigenvalue weighted by Crippen LogP contribution is 2.30. The van der Waals surface area contributed by atoms with Crippen LogP contribution in [0.3, 0.4) is 0 Å². The van der Waals surface area contributed by atoms with Gasteiger partial charge in [0.05, 0.1) is 6.42 Å². The fraction of sp³-hybridized carbons (Fsp3) is 0.250. The van der Waals surface area contributed by atoms with Crippen LogP contribution in [-0.4, -0.2) is 11.1 Å². The lowest BCUT2D eigenvalue weighted by molar-refractivity contribution is -0.135. The molecule has 78 valence electrons. The van der Waals surface area contributed by atoms with Crippen molar-refractivity contribution < 1.29 is 9.90 Å². The zero-order valence-corrected chi connectivity index (χ0v) is 8.92. The molecule has 3 heteroatoms. The fourth-order valence-electron chi connectivity index (χ4n) is 1.92. The van der Waals surface area contributed by atoms with Crippen LogP contribution in [0.2, 0.25) is 5.02 Å². The molecule has 0 radical (unpaired) electrons. The lowest BCUT2D eigenvalue weighted by Gasteiger charge is -2.16. The molecule has 0 saturated heterocycles. The fourth-order valence-corrected chi connectivity index (χ4v) is 2.12. The SMILES string of the molecule is O=C(O)CC1=CCCc2cc(Cl)ccc21. The molecule has 2 nitrogen and oxygen atoms in total. The largest absolute Gasteiger partial charge is 0.481 e. The third-order valence-electron chi connectivity index (χ3n) is 2.56. The first kappa shape index (κ1) is 10.2. The van der Waals surface area contributed by atoms with E-state index in [-0.39, 0.29) is 6.42 Å². The maximum Gasteiger partial charge on any atom is 0.307 e. The van der Waals surface area contributed by atoms with E-state index in [4.69, 9.17) is 16.7 Å². The molecule has 1 aliphatic carbocycles. The number of carboxylic acid groups (broad SMARTS) is 1. The Morgan fingerprint density at radius 3 is 3.00 bits per heavy atom. The standard InChI is InChI=1S/C12H11ClO2/c13-10-4-5-11-8(6-10)2-1-3-9(11)7-12(14)15/h3-6H,1-2,7H2,(H,14,15). The highest BCUT2D eigenvalue weighted by Gasteiger charge is 2.14. The summed E-state index contributed by atoms with van der Waals surface area (Å²) < 4.78 is 0. The molecule has 1 aromatic carbocycles. The van der Waals surface area contributed by atoms with E-state index in [0.29, 0.717) is 5.02 Å². The van der Waals surface area contributed by atoms with Crippen LogP contribution in [0, 0.1) is 0 Å². The Kier molecular flexibility index (Phi) is 2.78. The molecular weight excluding hydrogens is 212 g/mol. The van der Waals surface area contributed by atoms with Crippen LogP contribution in [0.25, 0.3) is 5.57 Å². The van der Waals surface area contributed by atoms with Gasteiger partial charge >= 0.3 is 5.97 Å². The van der Waals surface area contributed by atoms with Crippen molar-refractivity contribution >= 4 is 23.1 Å². The molecule has 1 aromatic rings. The van der Waals surface area contributed by atoms with Crippen LogP contribution in [0.15, 0.2) is 24.3 Å². The topological polar surface area (TPSA) is 37.3 Å². The summed E-state index contributed by atoms with van der Waals surface area (Å²) in [6.07, 6.45) is 3.94. The summed E-state index contributed by atoms with van der Waals surface area (Å²) in [4.78, 5) is 10.7.